The van der Waals surface area contributed by atoms with Crippen LogP contribution in [0.15, 0.2) is 16.8 Å². The number of urea groups is 1. The number of aromatic nitrogens is 3. The fourth-order valence-electron chi connectivity index (χ4n) is 3.75. The smallest absolute Gasteiger partial charge is 0.318 e. The Balaban J connectivity index is 1.41. The quantitative estimate of drug-likeness (QED) is 0.930. The highest BCUT2D eigenvalue weighted by Gasteiger charge is 2.30. The number of nitrogens with zero attached hydrogens (tertiary/aromatic N) is 4. The predicted octanol–water partition coefficient (Wildman–Crippen LogP) is 3.11. The second-order valence-corrected chi connectivity index (χ2v) is 7.34. The van der Waals surface area contributed by atoms with E-state index in [0.29, 0.717) is 6.54 Å². The van der Waals surface area contributed by atoms with Gasteiger partial charge in [-0.1, -0.05) is 6.42 Å². The van der Waals surface area contributed by atoms with Crippen molar-refractivity contribution in [3.63, 3.8) is 0 Å². The lowest BCUT2D eigenvalue weighted by Crippen LogP contribution is -2.39. The summed E-state index contributed by atoms with van der Waals surface area (Å²) in [6.07, 6.45) is 6.69. The molecule has 1 atom stereocenters. The third-order valence-electron chi connectivity index (χ3n) is 5.03. The number of aryl methyl sites for hydroxylation is 1. The first-order valence-corrected chi connectivity index (χ1v) is 9.75. The number of rotatable bonds is 3. The summed E-state index contributed by atoms with van der Waals surface area (Å²) in [5.74, 6) is 1.95. The number of hydrogen-bond acceptors (Lipinski definition) is 4. The van der Waals surface area contributed by atoms with Crippen LogP contribution in [-0.4, -0.2) is 32.2 Å². The third-order valence-corrected chi connectivity index (χ3v) is 5.73. The molecule has 2 amide bonds. The summed E-state index contributed by atoms with van der Waals surface area (Å²) in [5, 5.41) is 15.9. The molecular weight excluding hydrogens is 322 g/mol. The highest BCUT2D eigenvalue weighted by Crippen LogP contribution is 2.32. The Bertz CT molecular complexity index is 696. The largest absolute Gasteiger partial charge is 0.331 e. The molecule has 1 fully saturated rings. The Kier molecular flexibility index (Phi) is 4.51. The van der Waals surface area contributed by atoms with E-state index >= 15 is 0 Å². The van der Waals surface area contributed by atoms with Crippen LogP contribution in [0.1, 0.15) is 55.4 Å². The zero-order valence-electron chi connectivity index (χ0n) is 13.8. The summed E-state index contributed by atoms with van der Waals surface area (Å²) in [6, 6.07) is 2.35. The second-order valence-electron chi connectivity index (χ2n) is 6.56. The minimum Gasteiger partial charge on any atom is -0.331 e. The van der Waals surface area contributed by atoms with E-state index in [-0.39, 0.29) is 12.1 Å². The zero-order chi connectivity index (χ0) is 16.4. The lowest BCUT2D eigenvalue weighted by molar-refractivity contribution is 0.192. The van der Waals surface area contributed by atoms with E-state index in [1.54, 1.807) is 11.3 Å². The number of carbonyl (C=O) groups excluding carboxylic acids is 1. The third kappa shape index (κ3) is 3.05. The molecule has 7 heteroatoms. The maximum Gasteiger partial charge on any atom is 0.318 e. The van der Waals surface area contributed by atoms with Crippen molar-refractivity contribution in [1.82, 2.24) is 25.0 Å². The van der Waals surface area contributed by atoms with Crippen molar-refractivity contribution < 1.29 is 4.79 Å². The van der Waals surface area contributed by atoms with Gasteiger partial charge in [-0.2, -0.15) is 11.3 Å². The van der Waals surface area contributed by atoms with Gasteiger partial charge in [0.05, 0.1) is 12.6 Å². The average Bonchev–Trinajstić information content (AvgIpc) is 3.31. The van der Waals surface area contributed by atoms with Crippen molar-refractivity contribution in [2.24, 2.45) is 0 Å². The summed E-state index contributed by atoms with van der Waals surface area (Å²) in [5.41, 5.74) is 1.25. The minimum atomic E-state index is 0.00896. The summed E-state index contributed by atoms with van der Waals surface area (Å²) < 4.78 is 2.19. The maximum absolute atomic E-state index is 12.6. The molecule has 1 N–H and O–H groups in total. The van der Waals surface area contributed by atoms with Gasteiger partial charge in [0, 0.05) is 19.5 Å². The van der Waals surface area contributed by atoms with Crippen molar-refractivity contribution in [2.45, 2.75) is 57.7 Å². The Labute approximate surface area is 145 Å². The summed E-state index contributed by atoms with van der Waals surface area (Å²) in [7, 11) is 0. The number of fused-ring (bicyclic) bond motifs is 1. The number of hydrogen-bond donors (Lipinski definition) is 1. The molecule has 0 saturated carbocycles. The molecule has 6 nitrogen and oxygen atoms in total. The minimum absolute atomic E-state index is 0.00896. The highest BCUT2D eigenvalue weighted by molar-refractivity contribution is 7.07. The Morgan fingerprint density at radius 3 is 3.08 bits per heavy atom. The molecule has 4 rings (SSSR count). The lowest BCUT2D eigenvalue weighted by Gasteiger charge is -2.24. The molecule has 2 aliphatic rings. The first-order valence-electron chi connectivity index (χ1n) is 8.80. The molecule has 2 aromatic heterocycles. The van der Waals surface area contributed by atoms with Gasteiger partial charge in [0.15, 0.2) is 5.82 Å². The monoisotopic (exact) mass is 345 g/mol. The Morgan fingerprint density at radius 1 is 1.25 bits per heavy atom. The van der Waals surface area contributed by atoms with Crippen LogP contribution in [0, 0.1) is 0 Å². The lowest BCUT2D eigenvalue weighted by atomic mass is 10.1. The van der Waals surface area contributed by atoms with E-state index in [4.69, 9.17) is 0 Å². The zero-order valence-corrected chi connectivity index (χ0v) is 14.6. The molecule has 1 saturated heterocycles. The van der Waals surface area contributed by atoms with Gasteiger partial charge in [-0.25, -0.2) is 4.79 Å². The van der Waals surface area contributed by atoms with Crippen LogP contribution in [0.3, 0.4) is 0 Å². The van der Waals surface area contributed by atoms with E-state index < -0.39 is 0 Å². The van der Waals surface area contributed by atoms with E-state index in [2.05, 4.69) is 36.9 Å². The normalized spacial score (nSPS) is 20.7. The van der Waals surface area contributed by atoms with Crippen LogP contribution >= 0.6 is 11.3 Å². The van der Waals surface area contributed by atoms with Gasteiger partial charge in [-0.05, 0) is 48.1 Å². The number of amides is 2. The van der Waals surface area contributed by atoms with Gasteiger partial charge in [0.1, 0.15) is 5.82 Å². The SMILES string of the molecule is O=C(NCc1nnc2n1CCCCC2)N1CCC[C@H]1c1ccsc1. The predicted molar refractivity (Wildman–Crippen MR) is 92.8 cm³/mol. The summed E-state index contributed by atoms with van der Waals surface area (Å²) in [6.45, 7) is 2.25. The first-order chi connectivity index (χ1) is 11.8. The first kappa shape index (κ1) is 15.6. The molecule has 0 unspecified atom stereocenters. The van der Waals surface area contributed by atoms with Crippen LogP contribution in [-0.2, 0) is 19.5 Å². The number of thiophene rings is 1. The molecule has 0 radical (unpaired) electrons. The molecule has 4 heterocycles. The standard InChI is InChI=1S/C17H23N5OS/c23-17(21-9-4-5-14(21)13-7-10-24-12-13)18-11-16-20-19-15-6-2-1-3-8-22(15)16/h7,10,12,14H,1-6,8-9,11H2,(H,18,23)/t14-/m0/s1. The van der Waals surface area contributed by atoms with Crippen molar-refractivity contribution in [3.8, 4) is 0 Å². The molecular formula is C17H23N5OS. The van der Waals surface area contributed by atoms with Crippen molar-refractivity contribution >= 4 is 17.4 Å². The molecule has 0 aliphatic carbocycles. The molecule has 128 valence electrons. The fraction of sp³-hybridized carbons (Fsp3) is 0.588. The maximum atomic E-state index is 12.6. The van der Waals surface area contributed by atoms with Crippen LogP contribution < -0.4 is 5.32 Å². The molecule has 2 aliphatic heterocycles. The molecule has 2 aromatic rings. The molecule has 24 heavy (non-hydrogen) atoms. The summed E-state index contributed by atoms with van der Waals surface area (Å²) >= 11 is 1.69. The van der Waals surface area contributed by atoms with Gasteiger partial charge < -0.3 is 14.8 Å². The van der Waals surface area contributed by atoms with E-state index in [0.717, 1.165) is 44.0 Å². The number of nitrogens with one attached hydrogen (secondary N) is 1. The number of carbonyl (C=O) groups is 1. The van der Waals surface area contributed by atoms with Crippen LogP contribution in [0.5, 0.6) is 0 Å². The van der Waals surface area contributed by atoms with Gasteiger partial charge in [-0.15, -0.1) is 10.2 Å². The van der Waals surface area contributed by atoms with Crippen molar-refractivity contribution in [3.05, 3.63) is 34.0 Å². The summed E-state index contributed by atoms with van der Waals surface area (Å²) in [4.78, 5) is 14.6. The van der Waals surface area contributed by atoms with Crippen molar-refractivity contribution in [2.75, 3.05) is 6.54 Å². The molecule has 0 bridgehead atoms. The van der Waals surface area contributed by atoms with Crippen LogP contribution in [0.4, 0.5) is 4.79 Å². The fourth-order valence-corrected chi connectivity index (χ4v) is 4.46. The topological polar surface area (TPSA) is 63.1 Å². The van der Waals surface area contributed by atoms with E-state index in [1.165, 1.54) is 24.8 Å². The van der Waals surface area contributed by atoms with Crippen LogP contribution in [0.25, 0.3) is 0 Å². The van der Waals surface area contributed by atoms with Gasteiger partial charge in [0.25, 0.3) is 0 Å². The van der Waals surface area contributed by atoms with Gasteiger partial charge in [-0.3, -0.25) is 0 Å². The van der Waals surface area contributed by atoms with Crippen LogP contribution in [0.2, 0.25) is 0 Å². The van der Waals surface area contributed by atoms with Gasteiger partial charge in [0.2, 0.25) is 0 Å². The Hall–Kier alpha value is -1.89. The van der Waals surface area contributed by atoms with E-state index in [1.807, 2.05) is 4.90 Å². The molecule has 0 spiro atoms. The Morgan fingerprint density at radius 2 is 2.21 bits per heavy atom. The molecule has 0 aromatic carbocycles. The van der Waals surface area contributed by atoms with Gasteiger partial charge >= 0.3 is 6.03 Å². The second kappa shape index (κ2) is 6.93. The van der Waals surface area contributed by atoms with Crippen molar-refractivity contribution in [1.29, 1.82) is 0 Å². The van der Waals surface area contributed by atoms with E-state index in [9.17, 15) is 4.79 Å². The number of likely N-dealkylation sites (tertiary alicyclic amines) is 1. The average molecular weight is 345 g/mol. The highest BCUT2D eigenvalue weighted by atomic mass is 32.1.